The van der Waals surface area contributed by atoms with E-state index >= 15 is 0 Å². The molecular weight excluding hydrogens is 290 g/mol. The summed E-state index contributed by atoms with van der Waals surface area (Å²) in [5, 5.41) is 0.737. The zero-order valence-corrected chi connectivity index (χ0v) is 12.7. The maximum atomic E-state index is 11.6. The number of ether oxygens (including phenoxy) is 2. The predicted octanol–water partition coefficient (Wildman–Crippen LogP) is 1.90. The third-order valence-electron chi connectivity index (χ3n) is 2.84. The highest BCUT2D eigenvalue weighted by Gasteiger charge is 2.16. The predicted molar refractivity (Wildman–Crippen MR) is 80.5 cm³/mol. The lowest BCUT2D eigenvalue weighted by Crippen LogP contribution is -2.30. The molecule has 1 amide bonds. The van der Waals surface area contributed by atoms with Crippen molar-refractivity contribution in [3.8, 4) is 11.5 Å². The van der Waals surface area contributed by atoms with Gasteiger partial charge in [0.05, 0.1) is 12.8 Å². The van der Waals surface area contributed by atoms with Crippen molar-refractivity contribution < 1.29 is 14.3 Å². The van der Waals surface area contributed by atoms with Crippen molar-refractivity contribution in [2.75, 3.05) is 7.11 Å². The molecule has 1 heterocycles. The molecule has 0 radical (unpaired) electrons. The summed E-state index contributed by atoms with van der Waals surface area (Å²) in [6.07, 6.45) is 0.668. The third kappa shape index (κ3) is 3.71. The van der Waals surface area contributed by atoms with Crippen molar-refractivity contribution in [2.45, 2.75) is 20.0 Å². The van der Waals surface area contributed by atoms with E-state index < -0.39 is 0 Å². The normalized spacial score (nSPS) is 10.2. The molecule has 0 atom stereocenters. The number of methoxy groups -OCH3 is 1. The lowest BCUT2D eigenvalue weighted by molar-refractivity contribution is 0.0956. The van der Waals surface area contributed by atoms with Crippen LogP contribution in [0.1, 0.15) is 27.3 Å². The van der Waals surface area contributed by atoms with E-state index in [1.54, 1.807) is 7.11 Å². The largest absolute Gasteiger partial charge is 0.497 e. The van der Waals surface area contributed by atoms with Crippen molar-refractivity contribution in [3.63, 3.8) is 0 Å². The first kappa shape index (κ1) is 15.3. The van der Waals surface area contributed by atoms with E-state index in [-0.39, 0.29) is 5.91 Å². The average Bonchev–Trinajstić information content (AvgIpc) is 2.96. The number of amides is 1. The van der Waals surface area contributed by atoms with Crippen LogP contribution in [0.5, 0.6) is 11.5 Å². The number of nitrogens with zero attached hydrogens (tertiary/aromatic N) is 1. The lowest BCUT2D eigenvalue weighted by atomic mass is 10.3. The Hall–Kier alpha value is -2.12. The Labute approximate surface area is 126 Å². The highest BCUT2D eigenvalue weighted by molar-refractivity contribution is 7.13. The number of nitrogen functional groups attached to an aromatic ring is 1. The van der Waals surface area contributed by atoms with Gasteiger partial charge in [0.15, 0.2) is 0 Å². The van der Waals surface area contributed by atoms with Crippen molar-refractivity contribution >= 4 is 17.2 Å². The number of aromatic nitrogens is 1. The van der Waals surface area contributed by atoms with Crippen LogP contribution in [0, 0.1) is 0 Å². The minimum Gasteiger partial charge on any atom is -0.497 e. The van der Waals surface area contributed by atoms with Gasteiger partial charge in [-0.15, -0.1) is 11.3 Å². The molecule has 2 rings (SSSR count). The van der Waals surface area contributed by atoms with Gasteiger partial charge in [0.2, 0.25) is 0 Å². The zero-order valence-electron chi connectivity index (χ0n) is 11.9. The van der Waals surface area contributed by atoms with Gasteiger partial charge in [-0.05, 0) is 30.7 Å². The van der Waals surface area contributed by atoms with Gasteiger partial charge in [0, 0.05) is 0 Å². The van der Waals surface area contributed by atoms with Crippen LogP contribution in [-0.4, -0.2) is 18.0 Å². The number of rotatable bonds is 6. The second-order valence-corrected chi connectivity index (χ2v) is 5.26. The molecule has 3 N–H and O–H groups in total. The Bertz CT molecular complexity index is 610. The number of aryl methyl sites for hydroxylation is 1. The number of hydrogen-bond donors (Lipinski definition) is 2. The SMILES string of the molecule is CCc1nc(COc2ccc(OC)cc2)sc1C(=O)NN. The molecule has 0 unspecified atom stereocenters. The average molecular weight is 307 g/mol. The summed E-state index contributed by atoms with van der Waals surface area (Å²) in [4.78, 5) is 16.6. The molecule has 112 valence electrons. The Morgan fingerprint density at radius 3 is 2.57 bits per heavy atom. The van der Waals surface area contributed by atoms with Gasteiger partial charge in [-0.25, -0.2) is 10.8 Å². The summed E-state index contributed by atoms with van der Waals surface area (Å²) in [5.74, 6) is 6.33. The molecule has 0 spiro atoms. The van der Waals surface area contributed by atoms with Crippen LogP contribution in [0.3, 0.4) is 0 Å². The van der Waals surface area contributed by atoms with Crippen LogP contribution < -0.4 is 20.7 Å². The smallest absolute Gasteiger partial charge is 0.277 e. The van der Waals surface area contributed by atoms with Gasteiger partial charge in [-0.2, -0.15) is 0 Å². The molecule has 0 fully saturated rings. The summed E-state index contributed by atoms with van der Waals surface area (Å²) >= 11 is 1.29. The number of nitrogens with one attached hydrogen (secondary N) is 1. The van der Waals surface area contributed by atoms with Gasteiger partial charge in [-0.1, -0.05) is 6.92 Å². The number of hydrazine groups is 1. The molecule has 0 bridgehead atoms. The number of thiazole rings is 1. The Morgan fingerprint density at radius 1 is 1.33 bits per heavy atom. The lowest BCUT2D eigenvalue weighted by Gasteiger charge is -2.04. The molecule has 2 aromatic rings. The summed E-state index contributed by atoms with van der Waals surface area (Å²) < 4.78 is 10.7. The fourth-order valence-electron chi connectivity index (χ4n) is 1.76. The summed E-state index contributed by atoms with van der Waals surface area (Å²) in [5.41, 5.74) is 2.87. The zero-order chi connectivity index (χ0) is 15.2. The number of nitrogens with two attached hydrogens (primary N) is 1. The van der Waals surface area contributed by atoms with E-state index in [0.29, 0.717) is 23.7 Å². The van der Waals surface area contributed by atoms with E-state index in [1.165, 1.54) is 11.3 Å². The van der Waals surface area contributed by atoms with E-state index in [4.69, 9.17) is 15.3 Å². The van der Waals surface area contributed by atoms with Gasteiger partial charge in [0.25, 0.3) is 5.91 Å². The van der Waals surface area contributed by atoms with Gasteiger partial charge in [0.1, 0.15) is 28.0 Å². The van der Waals surface area contributed by atoms with Gasteiger partial charge < -0.3 is 9.47 Å². The number of hydrogen-bond acceptors (Lipinski definition) is 6. The fraction of sp³-hybridized carbons (Fsp3) is 0.286. The van der Waals surface area contributed by atoms with Crippen molar-refractivity contribution in [1.82, 2.24) is 10.4 Å². The summed E-state index contributed by atoms with van der Waals surface area (Å²) in [6, 6.07) is 7.28. The number of benzene rings is 1. The summed E-state index contributed by atoms with van der Waals surface area (Å²) in [7, 11) is 1.61. The molecule has 0 aliphatic carbocycles. The number of carbonyl (C=O) groups excluding carboxylic acids is 1. The Morgan fingerprint density at radius 2 is 2.00 bits per heavy atom. The fourth-order valence-corrected chi connectivity index (χ4v) is 2.73. The van der Waals surface area contributed by atoms with E-state index in [0.717, 1.165) is 16.5 Å². The first-order valence-electron chi connectivity index (χ1n) is 6.44. The van der Waals surface area contributed by atoms with Crippen molar-refractivity contribution in [3.05, 3.63) is 39.8 Å². The minimum atomic E-state index is -0.319. The maximum absolute atomic E-state index is 11.6. The van der Waals surface area contributed by atoms with Crippen molar-refractivity contribution in [1.29, 1.82) is 0 Å². The molecule has 0 aliphatic rings. The molecule has 21 heavy (non-hydrogen) atoms. The van der Waals surface area contributed by atoms with Crippen LogP contribution in [0.4, 0.5) is 0 Å². The Kier molecular flexibility index (Phi) is 5.13. The topological polar surface area (TPSA) is 86.5 Å². The second-order valence-electron chi connectivity index (χ2n) is 4.17. The van der Waals surface area contributed by atoms with Crippen LogP contribution in [-0.2, 0) is 13.0 Å². The monoisotopic (exact) mass is 307 g/mol. The van der Waals surface area contributed by atoms with Crippen LogP contribution in [0.25, 0.3) is 0 Å². The quantitative estimate of drug-likeness (QED) is 0.483. The van der Waals surface area contributed by atoms with Crippen molar-refractivity contribution in [2.24, 2.45) is 5.84 Å². The van der Waals surface area contributed by atoms with E-state index in [2.05, 4.69) is 10.4 Å². The third-order valence-corrected chi connectivity index (χ3v) is 3.91. The number of carbonyl (C=O) groups is 1. The van der Waals surface area contributed by atoms with Crippen LogP contribution in [0.2, 0.25) is 0 Å². The highest BCUT2D eigenvalue weighted by atomic mass is 32.1. The van der Waals surface area contributed by atoms with Gasteiger partial charge >= 0.3 is 0 Å². The molecule has 0 saturated heterocycles. The molecular formula is C14H17N3O3S. The molecule has 7 heteroatoms. The first-order valence-corrected chi connectivity index (χ1v) is 7.26. The van der Waals surface area contributed by atoms with E-state index in [9.17, 15) is 4.79 Å². The van der Waals surface area contributed by atoms with Crippen LogP contribution in [0.15, 0.2) is 24.3 Å². The van der Waals surface area contributed by atoms with Gasteiger partial charge in [-0.3, -0.25) is 10.2 Å². The minimum absolute atomic E-state index is 0.307. The molecule has 1 aromatic carbocycles. The molecule has 6 nitrogen and oxygen atoms in total. The molecule has 0 saturated carbocycles. The Balaban J connectivity index is 2.05. The first-order chi connectivity index (χ1) is 10.2. The second kappa shape index (κ2) is 7.05. The standard InChI is InChI=1S/C14H17N3O3S/c1-3-11-13(14(18)17-15)21-12(16-11)8-20-10-6-4-9(19-2)5-7-10/h4-7H,3,8,15H2,1-2H3,(H,17,18). The maximum Gasteiger partial charge on any atom is 0.277 e. The van der Waals surface area contributed by atoms with Crippen LogP contribution >= 0.6 is 11.3 Å². The molecule has 0 aliphatic heterocycles. The summed E-state index contributed by atoms with van der Waals surface area (Å²) in [6.45, 7) is 2.25. The molecule has 1 aromatic heterocycles. The highest BCUT2D eigenvalue weighted by Crippen LogP contribution is 2.22. The van der Waals surface area contributed by atoms with E-state index in [1.807, 2.05) is 31.2 Å².